The summed E-state index contributed by atoms with van der Waals surface area (Å²) in [5, 5.41) is 12.8. The molecule has 1 fully saturated rings. The topological polar surface area (TPSA) is 58.6 Å². The van der Waals surface area contributed by atoms with Gasteiger partial charge in [-0.25, -0.2) is 4.39 Å². The van der Waals surface area contributed by atoms with Crippen molar-refractivity contribution < 1.29 is 19.0 Å². The Bertz CT molecular complexity index is 734. The van der Waals surface area contributed by atoms with E-state index in [-0.39, 0.29) is 24.3 Å². The molecular weight excluding hydrogens is 309 g/mol. The van der Waals surface area contributed by atoms with Crippen LogP contribution in [0.3, 0.4) is 0 Å². The first-order valence-electron chi connectivity index (χ1n) is 7.94. The number of hydrogen-bond acceptors (Lipinski definition) is 3. The summed E-state index contributed by atoms with van der Waals surface area (Å²) in [6.07, 6.45) is -0.157. The lowest BCUT2D eigenvalue weighted by Gasteiger charge is -2.13. The number of benzene rings is 2. The van der Waals surface area contributed by atoms with Crippen molar-refractivity contribution in [1.29, 1.82) is 0 Å². The smallest absolute Gasteiger partial charge is 0.223 e. The van der Waals surface area contributed by atoms with E-state index in [0.717, 1.165) is 17.7 Å². The van der Waals surface area contributed by atoms with Gasteiger partial charge in [0.05, 0.1) is 13.2 Å². The van der Waals surface area contributed by atoms with E-state index in [1.807, 2.05) is 24.3 Å². The van der Waals surface area contributed by atoms with Crippen molar-refractivity contribution in [1.82, 2.24) is 5.32 Å². The quantitative estimate of drug-likeness (QED) is 0.857. The molecule has 3 rings (SSSR count). The Morgan fingerprint density at radius 1 is 1.33 bits per heavy atom. The van der Waals surface area contributed by atoms with Crippen molar-refractivity contribution >= 4 is 5.91 Å². The molecule has 0 bridgehead atoms. The van der Waals surface area contributed by atoms with Crippen LogP contribution in [0.4, 0.5) is 4.39 Å². The Balaban J connectivity index is 1.55. The summed E-state index contributed by atoms with van der Waals surface area (Å²) in [5.74, 6) is 0.323. The molecule has 1 saturated carbocycles. The van der Waals surface area contributed by atoms with Crippen molar-refractivity contribution in [2.24, 2.45) is 5.92 Å². The second kappa shape index (κ2) is 7.01. The average molecular weight is 329 g/mol. The van der Waals surface area contributed by atoms with Crippen LogP contribution in [0.25, 0.3) is 0 Å². The van der Waals surface area contributed by atoms with Crippen molar-refractivity contribution in [2.75, 3.05) is 13.7 Å². The van der Waals surface area contributed by atoms with Crippen molar-refractivity contribution in [3.05, 3.63) is 65.5 Å². The lowest BCUT2D eigenvalue weighted by molar-refractivity contribution is -0.122. The number of hydrogen-bond donors (Lipinski definition) is 2. The predicted molar refractivity (Wildman–Crippen MR) is 88.2 cm³/mol. The minimum absolute atomic E-state index is 0.0669. The van der Waals surface area contributed by atoms with Crippen LogP contribution in [0.1, 0.15) is 29.6 Å². The molecule has 0 radical (unpaired) electrons. The van der Waals surface area contributed by atoms with Gasteiger partial charge in [0, 0.05) is 12.5 Å². The summed E-state index contributed by atoms with van der Waals surface area (Å²) in [4.78, 5) is 12.3. The lowest BCUT2D eigenvalue weighted by Crippen LogP contribution is -2.30. The Morgan fingerprint density at radius 2 is 2.12 bits per heavy atom. The summed E-state index contributed by atoms with van der Waals surface area (Å²) < 4.78 is 18.5. The third-order valence-corrected chi connectivity index (χ3v) is 4.37. The molecule has 1 aliphatic rings. The number of ether oxygens (including phenoxy) is 1. The average Bonchev–Trinajstić information content (AvgIpc) is 3.40. The van der Waals surface area contributed by atoms with Crippen LogP contribution < -0.4 is 10.1 Å². The highest BCUT2D eigenvalue weighted by Gasteiger charge is 2.45. The molecule has 0 spiro atoms. The Labute approximate surface area is 140 Å². The van der Waals surface area contributed by atoms with E-state index in [4.69, 9.17) is 4.74 Å². The molecule has 3 atom stereocenters. The highest BCUT2D eigenvalue weighted by atomic mass is 19.1. The second-order valence-corrected chi connectivity index (χ2v) is 6.01. The van der Waals surface area contributed by atoms with Crippen LogP contribution in [0.5, 0.6) is 5.75 Å². The van der Waals surface area contributed by atoms with Gasteiger partial charge in [-0.2, -0.15) is 0 Å². The van der Waals surface area contributed by atoms with E-state index in [1.54, 1.807) is 13.2 Å². The highest BCUT2D eigenvalue weighted by molar-refractivity contribution is 5.83. The number of rotatable bonds is 6. The zero-order valence-corrected chi connectivity index (χ0v) is 13.4. The number of methoxy groups -OCH3 is 1. The molecule has 0 heterocycles. The Kier molecular flexibility index (Phi) is 4.81. The van der Waals surface area contributed by atoms with Crippen molar-refractivity contribution in [2.45, 2.75) is 18.4 Å². The van der Waals surface area contributed by atoms with E-state index >= 15 is 0 Å². The summed E-state index contributed by atoms with van der Waals surface area (Å²) in [6, 6.07) is 13.4. The molecule has 2 N–H and O–H groups in total. The molecule has 1 amide bonds. The van der Waals surface area contributed by atoms with Crippen LogP contribution >= 0.6 is 0 Å². The molecule has 2 aromatic rings. The summed E-state index contributed by atoms with van der Waals surface area (Å²) in [6.45, 7) is 0.0669. The number of aliphatic hydroxyl groups excluding tert-OH is 1. The van der Waals surface area contributed by atoms with E-state index in [9.17, 15) is 14.3 Å². The fraction of sp³-hybridized carbons (Fsp3) is 0.316. The minimum atomic E-state index is -0.923. The maximum Gasteiger partial charge on any atom is 0.223 e. The number of halogens is 1. The number of amides is 1. The fourth-order valence-electron chi connectivity index (χ4n) is 2.96. The summed E-state index contributed by atoms with van der Waals surface area (Å²) >= 11 is 0. The van der Waals surface area contributed by atoms with Crippen LogP contribution in [-0.4, -0.2) is 24.7 Å². The third-order valence-electron chi connectivity index (χ3n) is 4.37. The largest absolute Gasteiger partial charge is 0.496 e. The highest BCUT2D eigenvalue weighted by Crippen LogP contribution is 2.50. The first-order valence-corrected chi connectivity index (χ1v) is 7.94. The van der Waals surface area contributed by atoms with E-state index in [1.165, 1.54) is 18.2 Å². The maximum atomic E-state index is 13.2. The maximum absolute atomic E-state index is 13.2. The van der Waals surface area contributed by atoms with Crippen LogP contribution in [0, 0.1) is 11.7 Å². The summed E-state index contributed by atoms with van der Waals surface area (Å²) in [5.41, 5.74) is 1.48. The molecule has 0 aromatic heterocycles. The second-order valence-electron chi connectivity index (χ2n) is 6.01. The number of carbonyl (C=O) groups excluding carboxylic acids is 1. The first kappa shape index (κ1) is 16.5. The zero-order chi connectivity index (χ0) is 17.1. The van der Waals surface area contributed by atoms with Crippen LogP contribution in [0.15, 0.2) is 48.5 Å². The number of para-hydroxylation sites is 1. The minimum Gasteiger partial charge on any atom is -0.496 e. The Hall–Kier alpha value is -2.40. The van der Waals surface area contributed by atoms with Gasteiger partial charge in [0.1, 0.15) is 11.6 Å². The zero-order valence-electron chi connectivity index (χ0n) is 13.4. The number of nitrogens with one attached hydrogen (secondary N) is 1. The molecule has 0 aliphatic heterocycles. The third kappa shape index (κ3) is 3.57. The monoisotopic (exact) mass is 329 g/mol. The molecule has 126 valence electrons. The number of carbonyl (C=O) groups is 1. The molecule has 0 unspecified atom stereocenters. The fourth-order valence-corrected chi connectivity index (χ4v) is 2.96. The van der Waals surface area contributed by atoms with Gasteiger partial charge >= 0.3 is 0 Å². The van der Waals surface area contributed by atoms with Gasteiger partial charge in [0.2, 0.25) is 5.91 Å². The van der Waals surface area contributed by atoms with E-state index < -0.39 is 11.9 Å². The van der Waals surface area contributed by atoms with Crippen LogP contribution in [-0.2, 0) is 4.79 Å². The van der Waals surface area contributed by atoms with Gasteiger partial charge in [0.25, 0.3) is 0 Å². The van der Waals surface area contributed by atoms with E-state index in [2.05, 4.69) is 5.32 Å². The summed E-state index contributed by atoms with van der Waals surface area (Å²) in [7, 11) is 1.62. The van der Waals surface area contributed by atoms with Gasteiger partial charge in [-0.3, -0.25) is 4.79 Å². The molecule has 1 aliphatic carbocycles. The first-order chi connectivity index (χ1) is 11.6. The lowest BCUT2D eigenvalue weighted by atomic mass is 10.1. The predicted octanol–water partition coefficient (Wildman–Crippen LogP) is 2.79. The molecule has 5 heteroatoms. The van der Waals surface area contributed by atoms with Crippen LogP contribution in [0.2, 0.25) is 0 Å². The Morgan fingerprint density at radius 3 is 2.88 bits per heavy atom. The number of aliphatic hydroxyl groups is 1. The normalized spacial score (nSPS) is 20.3. The van der Waals surface area contributed by atoms with E-state index in [0.29, 0.717) is 5.56 Å². The van der Waals surface area contributed by atoms with Gasteiger partial charge in [0.15, 0.2) is 0 Å². The van der Waals surface area contributed by atoms with Gasteiger partial charge in [-0.15, -0.1) is 0 Å². The molecule has 24 heavy (non-hydrogen) atoms. The standard InChI is InChI=1S/C19H20FNO3/c1-24-18-8-3-2-7-14(18)15-10-16(15)19(23)21-11-17(22)12-5-4-6-13(20)9-12/h2-9,15-17,22H,10-11H2,1H3,(H,21,23)/t15-,16+,17-/m0/s1. The van der Waals surface area contributed by atoms with Gasteiger partial charge in [-0.1, -0.05) is 30.3 Å². The van der Waals surface area contributed by atoms with Gasteiger partial charge in [-0.05, 0) is 41.7 Å². The van der Waals surface area contributed by atoms with Gasteiger partial charge < -0.3 is 15.2 Å². The molecular formula is C19H20FNO3. The SMILES string of the molecule is COc1ccccc1[C@@H]1C[C@H]1C(=O)NC[C@H](O)c1cccc(F)c1. The molecule has 0 saturated heterocycles. The van der Waals surface area contributed by atoms with Crippen molar-refractivity contribution in [3.8, 4) is 5.75 Å². The molecule has 2 aromatic carbocycles. The van der Waals surface area contributed by atoms with Crippen molar-refractivity contribution in [3.63, 3.8) is 0 Å². The molecule has 4 nitrogen and oxygen atoms in total.